The fourth-order valence-electron chi connectivity index (χ4n) is 1.43. The molecule has 7 heteroatoms. The molecule has 1 rings (SSSR count). The predicted molar refractivity (Wildman–Crippen MR) is 71.3 cm³/mol. The van der Waals surface area contributed by atoms with Crippen molar-refractivity contribution in [3.63, 3.8) is 0 Å². The molecular weight excluding hydrogens is 266 g/mol. The predicted octanol–water partition coefficient (Wildman–Crippen LogP) is 0.995. The lowest BCUT2D eigenvalue weighted by atomic mass is 10.2. The molecule has 0 aliphatic carbocycles. The van der Waals surface area contributed by atoms with Crippen molar-refractivity contribution in [2.24, 2.45) is 0 Å². The maximum atomic E-state index is 11.6. The quantitative estimate of drug-likeness (QED) is 0.691. The summed E-state index contributed by atoms with van der Waals surface area (Å²) < 4.78 is 14.9. The van der Waals surface area contributed by atoms with Crippen molar-refractivity contribution in [1.29, 1.82) is 0 Å². The van der Waals surface area contributed by atoms with Gasteiger partial charge in [-0.05, 0) is 18.2 Å². The Bertz CT molecular complexity index is 474. The van der Waals surface area contributed by atoms with E-state index in [-0.39, 0.29) is 17.9 Å². The third-order valence-electron chi connectivity index (χ3n) is 2.39. The number of carbonyl (C=O) groups excluding carboxylic acids is 1. The molecule has 0 aliphatic rings. The van der Waals surface area contributed by atoms with Crippen LogP contribution in [0.25, 0.3) is 0 Å². The van der Waals surface area contributed by atoms with E-state index in [1.807, 2.05) is 0 Å². The lowest BCUT2D eigenvalue weighted by molar-refractivity contribution is -0.121. The minimum Gasteiger partial charge on any atom is -0.495 e. The van der Waals surface area contributed by atoms with Crippen LogP contribution in [0.5, 0.6) is 5.75 Å². The smallest absolute Gasteiger partial charge is 0.335 e. The molecule has 110 valence electrons. The SMILES string of the molecule is COCCOCC(=O)Nc1cc(C(=O)O)ccc1OC. The van der Waals surface area contributed by atoms with Gasteiger partial charge in [-0.3, -0.25) is 4.79 Å². The van der Waals surface area contributed by atoms with Gasteiger partial charge in [0.2, 0.25) is 5.91 Å². The molecule has 1 aromatic rings. The Morgan fingerprint density at radius 1 is 1.25 bits per heavy atom. The molecule has 20 heavy (non-hydrogen) atoms. The molecule has 1 amide bonds. The zero-order valence-corrected chi connectivity index (χ0v) is 11.3. The molecule has 0 bridgehead atoms. The molecule has 0 saturated heterocycles. The van der Waals surface area contributed by atoms with Crippen LogP contribution in [0.3, 0.4) is 0 Å². The highest BCUT2D eigenvalue weighted by Gasteiger charge is 2.11. The van der Waals surface area contributed by atoms with Crippen molar-refractivity contribution in [3.8, 4) is 5.75 Å². The highest BCUT2D eigenvalue weighted by molar-refractivity contribution is 5.96. The Labute approximate surface area is 116 Å². The van der Waals surface area contributed by atoms with Crippen molar-refractivity contribution >= 4 is 17.6 Å². The first-order valence-corrected chi connectivity index (χ1v) is 5.86. The first-order chi connectivity index (χ1) is 9.58. The number of benzene rings is 1. The Morgan fingerprint density at radius 2 is 2.00 bits per heavy atom. The summed E-state index contributed by atoms with van der Waals surface area (Å²) in [5.74, 6) is -1.11. The van der Waals surface area contributed by atoms with Crippen molar-refractivity contribution in [1.82, 2.24) is 0 Å². The van der Waals surface area contributed by atoms with Gasteiger partial charge in [0, 0.05) is 7.11 Å². The fourth-order valence-corrected chi connectivity index (χ4v) is 1.43. The number of ether oxygens (including phenoxy) is 3. The number of hydrogen-bond donors (Lipinski definition) is 2. The lowest BCUT2D eigenvalue weighted by Gasteiger charge is -2.11. The molecule has 0 aromatic heterocycles. The molecule has 0 radical (unpaired) electrons. The molecule has 0 unspecified atom stereocenters. The number of carboxylic acid groups (broad SMARTS) is 1. The van der Waals surface area contributed by atoms with E-state index in [1.165, 1.54) is 32.4 Å². The zero-order valence-electron chi connectivity index (χ0n) is 11.3. The molecule has 0 aliphatic heterocycles. The van der Waals surface area contributed by atoms with Crippen LogP contribution in [0.4, 0.5) is 5.69 Å². The van der Waals surface area contributed by atoms with Crippen molar-refractivity contribution in [2.75, 3.05) is 39.4 Å². The Balaban J connectivity index is 2.67. The molecule has 1 aromatic carbocycles. The number of carbonyl (C=O) groups is 2. The largest absolute Gasteiger partial charge is 0.495 e. The van der Waals surface area contributed by atoms with Crippen LogP contribution in [0.2, 0.25) is 0 Å². The van der Waals surface area contributed by atoms with Gasteiger partial charge in [0.15, 0.2) is 0 Å². The van der Waals surface area contributed by atoms with E-state index in [0.29, 0.717) is 19.0 Å². The van der Waals surface area contributed by atoms with Gasteiger partial charge in [-0.2, -0.15) is 0 Å². The standard InChI is InChI=1S/C13H17NO6/c1-18-5-6-20-8-12(15)14-10-7-9(13(16)17)3-4-11(10)19-2/h3-4,7H,5-6,8H2,1-2H3,(H,14,15)(H,16,17). The van der Waals surface area contributed by atoms with Gasteiger partial charge in [0.25, 0.3) is 0 Å². The zero-order chi connectivity index (χ0) is 15.0. The Hall–Kier alpha value is -2.12. The van der Waals surface area contributed by atoms with E-state index >= 15 is 0 Å². The van der Waals surface area contributed by atoms with Crippen LogP contribution in [0.15, 0.2) is 18.2 Å². The minimum absolute atomic E-state index is 0.0569. The summed E-state index contributed by atoms with van der Waals surface area (Å²) in [6.07, 6.45) is 0. The van der Waals surface area contributed by atoms with Crippen molar-refractivity contribution in [3.05, 3.63) is 23.8 Å². The van der Waals surface area contributed by atoms with E-state index < -0.39 is 11.9 Å². The normalized spacial score (nSPS) is 10.1. The maximum Gasteiger partial charge on any atom is 0.335 e. The second kappa shape index (κ2) is 8.13. The number of carboxylic acids is 1. The second-order valence-corrected chi connectivity index (χ2v) is 3.81. The Kier molecular flexibility index (Phi) is 6.48. The van der Waals surface area contributed by atoms with Crippen LogP contribution >= 0.6 is 0 Å². The molecule has 2 N–H and O–H groups in total. The molecule has 0 heterocycles. The number of anilines is 1. The highest BCUT2D eigenvalue weighted by Crippen LogP contribution is 2.25. The van der Waals surface area contributed by atoms with Crippen LogP contribution < -0.4 is 10.1 Å². The summed E-state index contributed by atoms with van der Waals surface area (Å²) in [5.41, 5.74) is 0.342. The molecule has 0 atom stereocenters. The van der Waals surface area contributed by atoms with Crippen LogP contribution in [-0.2, 0) is 14.3 Å². The van der Waals surface area contributed by atoms with Gasteiger partial charge in [0.05, 0.1) is 31.6 Å². The summed E-state index contributed by atoms with van der Waals surface area (Å²) in [5, 5.41) is 11.5. The second-order valence-electron chi connectivity index (χ2n) is 3.81. The summed E-state index contributed by atoms with van der Waals surface area (Å²) in [7, 11) is 2.96. The van der Waals surface area contributed by atoms with Gasteiger partial charge in [0.1, 0.15) is 12.4 Å². The number of methoxy groups -OCH3 is 2. The number of aromatic carboxylic acids is 1. The minimum atomic E-state index is -1.08. The van der Waals surface area contributed by atoms with E-state index in [1.54, 1.807) is 0 Å². The molecule has 7 nitrogen and oxygen atoms in total. The van der Waals surface area contributed by atoms with Gasteiger partial charge < -0.3 is 24.6 Å². The molecular formula is C13H17NO6. The van der Waals surface area contributed by atoms with Crippen molar-refractivity contribution < 1.29 is 28.9 Å². The fraction of sp³-hybridized carbons (Fsp3) is 0.385. The average molecular weight is 283 g/mol. The maximum absolute atomic E-state index is 11.6. The Morgan fingerprint density at radius 3 is 2.60 bits per heavy atom. The van der Waals surface area contributed by atoms with E-state index in [9.17, 15) is 9.59 Å². The van der Waals surface area contributed by atoms with E-state index in [2.05, 4.69) is 5.32 Å². The van der Waals surface area contributed by atoms with Gasteiger partial charge in [-0.15, -0.1) is 0 Å². The lowest BCUT2D eigenvalue weighted by Crippen LogP contribution is -2.20. The number of amides is 1. The van der Waals surface area contributed by atoms with Gasteiger partial charge in [-0.25, -0.2) is 4.79 Å². The monoisotopic (exact) mass is 283 g/mol. The van der Waals surface area contributed by atoms with Gasteiger partial charge in [-0.1, -0.05) is 0 Å². The molecule has 0 saturated carbocycles. The summed E-state index contributed by atoms with van der Waals surface area (Å²) in [6, 6.07) is 4.20. The number of rotatable bonds is 8. The highest BCUT2D eigenvalue weighted by atomic mass is 16.5. The third kappa shape index (κ3) is 4.87. The first-order valence-electron chi connectivity index (χ1n) is 5.86. The van der Waals surface area contributed by atoms with Crippen LogP contribution in [0, 0.1) is 0 Å². The molecule has 0 spiro atoms. The average Bonchev–Trinajstić information content (AvgIpc) is 2.43. The van der Waals surface area contributed by atoms with Gasteiger partial charge >= 0.3 is 5.97 Å². The first kappa shape index (κ1) is 15.9. The third-order valence-corrected chi connectivity index (χ3v) is 2.39. The summed E-state index contributed by atoms with van der Waals surface area (Å²) >= 11 is 0. The van der Waals surface area contributed by atoms with E-state index in [4.69, 9.17) is 19.3 Å². The van der Waals surface area contributed by atoms with Crippen LogP contribution in [0.1, 0.15) is 10.4 Å². The summed E-state index contributed by atoms with van der Waals surface area (Å²) in [6.45, 7) is 0.547. The summed E-state index contributed by atoms with van der Waals surface area (Å²) in [4.78, 5) is 22.5. The van der Waals surface area contributed by atoms with E-state index in [0.717, 1.165) is 0 Å². The number of hydrogen-bond acceptors (Lipinski definition) is 5. The molecule has 0 fully saturated rings. The topological polar surface area (TPSA) is 94.1 Å². The van der Waals surface area contributed by atoms with Crippen molar-refractivity contribution in [2.45, 2.75) is 0 Å². The number of nitrogens with one attached hydrogen (secondary N) is 1. The van der Waals surface area contributed by atoms with Crippen LogP contribution in [-0.4, -0.2) is 51.0 Å².